The van der Waals surface area contributed by atoms with Crippen LogP contribution in [0.1, 0.15) is 17.0 Å². The third-order valence-electron chi connectivity index (χ3n) is 5.81. The van der Waals surface area contributed by atoms with Gasteiger partial charge in [0.05, 0.1) is 5.54 Å². The Hall–Kier alpha value is -3.36. The molecule has 5 rings (SSSR count). The lowest BCUT2D eigenvalue weighted by atomic mass is 9.72. The minimum absolute atomic E-state index is 0.0386. The predicted octanol–water partition coefficient (Wildman–Crippen LogP) is 5.34. The van der Waals surface area contributed by atoms with Crippen LogP contribution in [0.25, 0.3) is 21.5 Å². The molecule has 4 N–H and O–H groups in total. The molecule has 1 aliphatic rings. The maximum absolute atomic E-state index is 7.07. The van der Waals surface area contributed by atoms with Crippen LogP contribution >= 0.6 is 0 Å². The summed E-state index contributed by atoms with van der Waals surface area (Å²) < 4.78 is 0. The number of allylic oxidation sites excluding steroid dienone is 1. The molecule has 2 atom stereocenters. The molecule has 136 valence electrons. The number of hydrogen-bond donors (Lipinski definition) is 2. The Bertz CT molecular complexity index is 1250. The lowest BCUT2D eigenvalue weighted by Crippen LogP contribution is -2.42. The van der Waals surface area contributed by atoms with Crippen molar-refractivity contribution >= 4 is 21.5 Å². The highest BCUT2D eigenvalue weighted by Gasteiger charge is 2.36. The van der Waals surface area contributed by atoms with Crippen molar-refractivity contribution < 1.29 is 0 Å². The molecule has 0 spiro atoms. The first-order valence-corrected chi connectivity index (χ1v) is 9.57. The van der Waals surface area contributed by atoms with E-state index in [4.69, 9.17) is 11.5 Å². The zero-order chi connectivity index (χ0) is 19.1. The molecule has 0 aromatic heterocycles. The van der Waals surface area contributed by atoms with Crippen LogP contribution in [-0.4, -0.2) is 0 Å². The molecule has 28 heavy (non-hydrogen) atoms. The standard InChI is InChI=1S/C26H22N2/c27-24-13-14-26(28,23-12-11-19-6-2-4-8-21(19)16-23)25(17-24)22-10-9-18-5-1-3-7-20(18)15-22/h1-17,25H,27-28H2. The molecule has 0 radical (unpaired) electrons. The lowest BCUT2D eigenvalue weighted by Gasteiger charge is -2.37. The molecule has 0 heterocycles. The van der Waals surface area contributed by atoms with E-state index in [0.29, 0.717) is 0 Å². The normalized spacial score (nSPS) is 21.8. The molecule has 0 aliphatic heterocycles. The van der Waals surface area contributed by atoms with Gasteiger partial charge in [0, 0.05) is 11.6 Å². The van der Waals surface area contributed by atoms with Crippen LogP contribution in [0, 0.1) is 0 Å². The van der Waals surface area contributed by atoms with Gasteiger partial charge >= 0.3 is 0 Å². The fourth-order valence-corrected chi connectivity index (χ4v) is 4.23. The number of fused-ring (bicyclic) bond motifs is 2. The summed E-state index contributed by atoms with van der Waals surface area (Å²) in [7, 11) is 0. The second-order valence-corrected chi connectivity index (χ2v) is 7.58. The molecule has 0 saturated heterocycles. The molecule has 0 fully saturated rings. The van der Waals surface area contributed by atoms with Crippen molar-refractivity contribution in [3.63, 3.8) is 0 Å². The van der Waals surface area contributed by atoms with E-state index in [1.54, 1.807) is 0 Å². The Kier molecular flexibility index (Phi) is 3.81. The number of rotatable bonds is 2. The summed E-state index contributed by atoms with van der Waals surface area (Å²) in [5, 5.41) is 4.84. The average Bonchev–Trinajstić information content (AvgIpc) is 2.75. The van der Waals surface area contributed by atoms with E-state index in [-0.39, 0.29) is 5.92 Å². The molecular formula is C26H22N2. The first-order chi connectivity index (χ1) is 13.6. The highest BCUT2D eigenvalue weighted by atomic mass is 14.8. The number of nitrogens with two attached hydrogens (primary N) is 2. The van der Waals surface area contributed by atoms with Crippen LogP contribution in [-0.2, 0) is 5.54 Å². The van der Waals surface area contributed by atoms with Gasteiger partial charge in [0.15, 0.2) is 0 Å². The van der Waals surface area contributed by atoms with Gasteiger partial charge in [0.1, 0.15) is 0 Å². The van der Waals surface area contributed by atoms with Gasteiger partial charge in [-0.2, -0.15) is 0 Å². The van der Waals surface area contributed by atoms with Crippen molar-refractivity contribution in [1.29, 1.82) is 0 Å². The van der Waals surface area contributed by atoms with Crippen molar-refractivity contribution in [2.75, 3.05) is 0 Å². The van der Waals surface area contributed by atoms with E-state index in [9.17, 15) is 0 Å². The van der Waals surface area contributed by atoms with E-state index in [0.717, 1.165) is 11.3 Å². The Labute approximate surface area is 164 Å². The van der Waals surface area contributed by atoms with Gasteiger partial charge in [-0.25, -0.2) is 0 Å². The quantitative estimate of drug-likeness (QED) is 0.505. The van der Waals surface area contributed by atoms with Gasteiger partial charge in [-0.3, -0.25) is 0 Å². The fraction of sp³-hybridized carbons (Fsp3) is 0.0769. The van der Waals surface area contributed by atoms with Crippen LogP contribution in [0.3, 0.4) is 0 Å². The molecule has 4 aromatic carbocycles. The van der Waals surface area contributed by atoms with Crippen molar-refractivity contribution in [2.45, 2.75) is 11.5 Å². The third-order valence-corrected chi connectivity index (χ3v) is 5.81. The smallest absolute Gasteiger partial charge is 0.0705 e. The molecule has 1 aliphatic carbocycles. The van der Waals surface area contributed by atoms with Crippen LogP contribution in [0.15, 0.2) is 109 Å². The maximum atomic E-state index is 7.07. The molecule has 2 unspecified atom stereocenters. The maximum Gasteiger partial charge on any atom is 0.0705 e. The van der Waals surface area contributed by atoms with Crippen molar-refractivity contribution in [2.24, 2.45) is 11.5 Å². The van der Waals surface area contributed by atoms with Crippen LogP contribution < -0.4 is 11.5 Å². The summed E-state index contributed by atoms with van der Waals surface area (Å²) in [6, 6.07) is 29.8. The van der Waals surface area contributed by atoms with Gasteiger partial charge < -0.3 is 11.5 Å². The summed E-state index contributed by atoms with van der Waals surface area (Å²) in [6.07, 6.45) is 6.05. The fourth-order valence-electron chi connectivity index (χ4n) is 4.23. The van der Waals surface area contributed by atoms with Crippen LogP contribution in [0.4, 0.5) is 0 Å². The molecule has 2 nitrogen and oxygen atoms in total. The zero-order valence-corrected chi connectivity index (χ0v) is 15.5. The highest BCUT2D eigenvalue weighted by molar-refractivity contribution is 5.84. The molecule has 0 amide bonds. The molecule has 2 heteroatoms. The van der Waals surface area contributed by atoms with Gasteiger partial charge in [-0.15, -0.1) is 0 Å². The van der Waals surface area contributed by atoms with Gasteiger partial charge in [0.25, 0.3) is 0 Å². The Morgan fingerprint density at radius 3 is 2.00 bits per heavy atom. The first-order valence-electron chi connectivity index (χ1n) is 9.57. The van der Waals surface area contributed by atoms with E-state index in [2.05, 4.69) is 91.0 Å². The summed E-state index contributed by atoms with van der Waals surface area (Å²) >= 11 is 0. The first kappa shape index (κ1) is 16.8. The van der Waals surface area contributed by atoms with Gasteiger partial charge in [-0.1, -0.05) is 91.0 Å². The average molecular weight is 362 g/mol. The van der Waals surface area contributed by atoms with Gasteiger partial charge in [0.2, 0.25) is 0 Å². The lowest BCUT2D eigenvalue weighted by molar-refractivity contribution is 0.494. The second kappa shape index (κ2) is 6.36. The zero-order valence-electron chi connectivity index (χ0n) is 15.5. The van der Waals surface area contributed by atoms with Crippen molar-refractivity contribution in [3.05, 3.63) is 120 Å². The predicted molar refractivity (Wildman–Crippen MR) is 118 cm³/mol. The Morgan fingerprint density at radius 2 is 1.29 bits per heavy atom. The number of benzene rings is 4. The largest absolute Gasteiger partial charge is 0.399 e. The molecule has 0 saturated carbocycles. The van der Waals surface area contributed by atoms with Crippen LogP contribution in [0.2, 0.25) is 0 Å². The summed E-state index contributed by atoms with van der Waals surface area (Å²) in [6.45, 7) is 0. The highest BCUT2D eigenvalue weighted by Crippen LogP contribution is 2.41. The second-order valence-electron chi connectivity index (χ2n) is 7.58. The minimum atomic E-state index is -0.657. The number of hydrogen-bond acceptors (Lipinski definition) is 2. The summed E-state index contributed by atoms with van der Waals surface area (Å²) in [5.41, 5.74) is 15.6. The topological polar surface area (TPSA) is 52.0 Å². The van der Waals surface area contributed by atoms with Crippen molar-refractivity contribution in [3.8, 4) is 0 Å². The monoisotopic (exact) mass is 362 g/mol. The Morgan fingerprint density at radius 1 is 0.679 bits per heavy atom. The van der Waals surface area contributed by atoms with E-state index in [1.165, 1.54) is 27.1 Å². The van der Waals surface area contributed by atoms with E-state index in [1.807, 2.05) is 12.2 Å². The third kappa shape index (κ3) is 2.70. The molecule has 4 aromatic rings. The summed E-state index contributed by atoms with van der Waals surface area (Å²) in [5.74, 6) is -0.0386. The summed E-state index contributed by atoms with van der Waals surface area (Å²) in [4.78, 5) is 0. The SMILES string of the molecule is NC1=CC(c2ccc3ccccc3c2)C(N)(c2ccc3ccccc3c2)C=C1. The van der Waals surface area contributed by atoms with Gasteiger partial charge in [-0.05, 0) is 44.8 Å². The van der Waals surface area contributed by atoms with Crippen molar-refractivity contribution in [1.82, 2.24) is 0 Å². The van der Waals surface area contributed by atoms with E-state index < -0.39 is 5.54 Å². The van der Waals surface area contributed by atoms with Crippen LogP contribution in [0.5, 0.6) is 0 Å². The molecular weight excluding hydrogens is 340 g/mol. The Balaban J connectivity index is 1.67. The minimum Gasteiger partial charge on any atom is -0.399 e. The molecule has 0 bridgehead atoms. The van der Waals surface area contributed by atoms with E-state index >= 15 is 0 Å².